The Morgan fingerprint density at radius 1 is 1.44 bits per heavy atom. The van der Waals surface area contributed by atoms with Gasteiger partial charge in [-0.2, -0.15) is 0 Å². The maximum Gasteiger partial charge on any atom is 0.330 e. The molecule has 1 aliphatic heterocycles. The van der Waals surface area contributed by atoms with Crippen molar-refractivity contribution in [2.45, 2.75) is 57.3 Å². The summed E-state index contributed by atoms with van der Waals surface area (Å²) in [6.07, 6.45) is -3.82. The van der Waals surface area contributed by atoms with Gasteiger partial charge < -0.3 is 20.1 Å². The van der Waals surface area contributed by atoms with Gasteiger partial charge in [-0.3, -0.25) is 19.1 Å². The highest BCUT2D eigenvalue weighted by atomic mass is 79.9. The van der Waals surface area contributed by atoms with Gasteiger partial charge in [-0.1, -0.05) is 29.8 Å². The topological polar surface area (TPSA) is 142 Å². The van der Waals surface area contributed by atoms with Crippen molar-refractivity contribution in [1.29, 1.82) is 0 Å². The Morgan fingerprint density at radius 3 is 2.70 bits per heavy atom. The summed E-state index contributed by atoms with van der Waals surface area (Å²) in [4.78, 5) is 39.6. The number of aliphatic hydroxyl groups excluding tert-OH is 3. The van der Waals surface area contributed by atoms with Gasteiger partial charge in [0.25, 0.3) is 5.56 Å². The normalized spacial score (nSPS) is 25.2. The largest absolute Gasteiger partial charge is 0.390 e. The van der Waals surface area contributed by atoms with E-state index in [1.54, 1.807) is 0 Å². The summed E-state index contributed by atoms with van der Waals surface area (Å²) in [6.45, 7) is 3.64. The van der Waals surface area contributed by atoms with E-state index in [-0.39, 0.29) is 24.3 Å². The van der Waals surface area contributed by atoms with Gasteiger partial charge in [-0.25, -0.2) is 4.79 Å². The number of nitrogens with zero attached hydrogens (tertiary/aromatic N) is 1. The molecule has 150 valence electrons. The first kappa shape index (κ1) is 21.7. The lowest BCUT2D eigenvalue weighted by Crippen LogP contribution is -2.45. The molecule has 2 heterocycles. The van der Waals surface area contributed by atoms with Crippen LogP contribution in [-0.4, -0.2) is 55.1 Å². The number of aromatic nitrogens is 2. The van der Waals surface area contributed by atoms with Gasteiger partial charge in [0.1, 0.15) is 24.5 Å². The molecule has 1 aliphatic rings. The number of halogens is 1. The third kappa shape index (κ3) is 5.02. The van der Waals surface area contributed by atoms with Crippen LogP contribution in [0.15, 0.2) is 20.8 Å². The molecule has 0 aromatic carbocycles. The van der Waals surface area contributed by atoms with Crippen LogP contribution in [0.2, 0.25) is 0 Å². The molecule has 1 fully saturated rings. The monoisotopic (exact) mass is 446 g/mol. The van der Waals surface area contributed by atoms with E-state index >= 15 is 0 Å². The van der Waals surface area contributed by atoms with Gasteiger partial charge in [0.2, 0.25) is 0 Å². The van der Waals surface area contributed by atoms with Crippen molar-refractivity contribution in [2.24, 2.45) is 5.92 Å². The molecule has 0 radical (unpaired) electrons. The molecule has 0 aliphatic carbocycles. The second kappa shape index (κ2) is 9.07. The van der Waals surface area contributed by atoms with Crippen molar-refractivity contribution >= 4 is 27.8 Å². The average molecular weight is 447 g/mol. The molecule has 1 aromatic rings. The number of carbonyl (C=O) groups excluding carboxylic acids is 1. The van der Waals surface area contributed by atoms with Crippen LogP contribution in [-0.2, 0) is 9.53 Å². The molecule has 4 N–H and O–H groups in total. The quantitative estimate of drug-likeness (QED) is 0.457. The van der Waals surface area contributed by atoms with Crippen LogP contribution in [0, 0.1) is 5.92 Å². The maximum absolute atomic E-state index is 12.2. The Kier molecular flexibility index (Phi) is 7.29. The van der Waals surface area contributed by atoms with Gasteiger partial charge in [0.15, 0.2) is 5.78 Å². The van der Waals surface area contributed by atoms with E-state index in [0.29, 0.717) is 0 Å². The highest BCUT2D eigenvalue weighted by Gasteiger charge is 2.43. The zero-order valence-corrected chi connectivity index (χ0v) is 16.5. The fourth-order valence-corrected chi connectivity index (χ4v) is 3.24. The molecule has 10 heteroatoms. The minimum atomic E-state index is -1.74. The summed E-state index contributed by atoms with van der Waals surface area (Å²) >= 11 is 3.05. The van der Waals surface area contributed by atoms with Crippen molar-refractivity contribution in [3.05, 3.63) is 37.6 Å². The van der Waals surface area contributed by atoms with E-state index in [9.17, 15) is 29.7 Å². The summed E-state index contributed by atoms with van der Waals surface area (Å²) in [5.74, 6) is -0.802. The highest BCUT2D eigenvalue weighted by molar-refractivity contribution is 9.11. The number of nitrogens with one attached hydrogen (secondary N) is 1. The average Bonchev–Trinajstić information content (AvgIpc) is 2.96. The lowest BCUT2D eigenvalue weighted by atomic mass is 9.96. The van der Waals surface area contributed by atoms with Gasteiger partial charge >= 0.3 is 5.69 Å². The van der Waals surface area contributed by atoms with E-state index in [1.807, 2.05) is 13.8 Å². The van der Waals surface area contributed by atoms with Crippen LogP contribution >= 0.6 is 15.9 Å². The van der Waals surface area contributed by atoms with Crippen molar-refractivity contribution < 1.29 is 24.9 Å². The molecule has 9 nitrogen and oxygen atoms in total. The molecule has 27 heavy (non-hydrogen) atoms. The molecule has 2 rings (SSSR count). The molecule has 0 bridgehead atoms. The fraction of sp³-hybridized carbons (Fsp3) is 0.588. The van der Waals surface area contributed by atoms with E-state index in [4.69, 9.17) is 4.74 Å². The summed E-state index contributed by atoms with van der Waals surface area (Å²) < 4.78 is 6.60. The molecule has 5 atom stereocenters. The first-order valence-electron chi connectivity index (χ1n) is 8.51. The number of aliphatic hydroxyl groups is 3. The number of H-pyrrole nitrogens is 1. The van der Waals surface area contributed by atoms with Crippen LogP contribution in [0.4, 0.5) is 0 Å². The predicted octanol–water partition coefficient (Wildman–Crippen LogP) is -0.112. The van der Waals surface area contributed by atoms with Crippen LogP contribution in [0.25, 0.3) is 6.08 Å². The highest BCUT2D eigenvalue weighted by Crippen LogP contribution is 2.30. The number of rotatable bonds is 7. The van der Waals surface area contributed by atoms with Crippen LogP contribution in [0.5, 0.6) is 0 Å². The second-order valence-corrected chi connectivity index (χ2v) is 7.42. The van der Waals surface area contributed by atoms with Gasteiger partial charge in [-0.05, 0) is 23.4 Å². The number of aromatic amines is 1. The number of hydrogen-bond acceptors (Lipinski definition) is 7. The van der Waals surface area contributed by atoms with Gasteiger partial charge in [-0.15, -0.1) is 0 Å². The molecule has 0 saturated carbocycles. The number of hydrogen-bond donors (Lipinski definition) is 4. The Bertz CT molecular complexity index is 816. The molecule has 1 aromatic heterocycles. The lowest BCUT2D eigenvalue weighted by Gasteiger charge is -2.23. The van der Waals surface area contributed by atoms with Crippen LogP contribution < -0.4 is 11.2 Å². The van der Waals surface area contributed by atoms with Crippen molar-refractivity contribution in [1.82, 2.24) is 9.55 Å². The standard InChI is InChI=1S/C17H23BrN2O7/c1-8(2)5-10(21)13(23)14(24)15-11(22)6-12(27-15)20-7-9(3-4-18)16(25)19-17(20)26/h3-4,7-8,10-12,14-15,21-22,24H,5-6H2,1-2H3,(H,19,25,26)/b4-3+/t10?,11-,12+,14?,15-/m0/s1. The van der Waals surface area contributed by atoms with Gasteiger partial charge in [0, 0.05) is 12.6 Å². The third-order valence-corrected chi connectivity index (χ3v) is 4.57. The summed E-state index contributed by atoms with van der Waals surface area (Å²) in [6, 6.07) is 0. The molecule has 0 amide bonds. The lowest BCUT2D eigenvalue weighted by molar-refractivity contribution is -0.150. The van der Waals surface area contributed by atoms with Gasteiger partial charge in [0.05, 0.1) is 11.7 Å². The Balaban J connectivity index is 2.21. The third-order valence-electron chi connectivity index (χ3n) is 4.31. The number of carbonyl (C=O) groups is 1. The summed E-state index contributed by atoms with van der Waals surface area (Å²) in [5.41, 5.74) is -1.16. The second-order valence-electron chi connectivity index (χ2n) is 6.89. The van der Waals surface area contributed by atoms with Crippen molar-refractivity contribution in [3.8, 4) is 0 Å². The Morgan fingerprint density at radius 2 is 2.11 bits per heavy atom. The molecule has 0 spiro atoms. The SMILES string of the molecule is CC(C)CC(O)C(=O)C(O)[C@H]1O[C@@H](n2cc(/C=C/Br)c(=O)[nH]c2=O)C[C@@H]1O. The first-order chi connectivity index (χ1) is 12.6. The zero-order valence-electron chi connectivity index (χ0n) is 14.9. The molecule has 1 saturated heterocycles. The van der Waals surface area contributed by atoms with Crippen molar-refractivity contribution in [2.75, 3.05) is 0 Å². The maximum atomic E-state index is 12.2. The zero-order chi connectivity index (χ0) is 20.3. The Hall–Kier alpha value is -1.59. The van der Waals surface area contributed by atoms with Crippen molar-refractivity contribution in [3.63, 3.8) is 0 Å². The number of Topliss-reactive ketones (excluding diaryl/α,β-unsaturated/α-hetero) is 1. The smallest absolute Gasteiger partial charge is 0.330 e. The molecule has 2 unspecified atom stereocenters. The van der Waals surface area contributed by atoms with E-state index in [2.05, 4.69) is 20.9 Å². The van der Waals surface area contributed by atoms with Crippen LogP contribution in [0.3, 0.4) is 0 Å². The minimum Gasteiger partial charge on any atom is -0.390 e. The molecular formula is C17H23BrN2O7. The summed E-state index contributed by atoms with van der Waals surface area (Å²) in [7, 11) is 0. The molecular weight excluding hydrogens is 424 g/mol. The van der Waals surface area contributed by atoms with E-state index in [0.717, 1.165) is 4.57 Å². The van der Waals surface area contributed by atoms with E-state index in [1.165, 1.54) is 17.3 Å². The number of ether oxygens (including phenoxy) is 1. The predicted molar refractivity (Wildman–Crippen MR) is 100 cm³/mol. The van der Waals surface area contributed by atoms with Crippen LogP contribution in [0.1, 0.15) is 38.5 Å². The Labute approximate surface area is 163 Å². The van der Waals surface area contributed by atoms with E-state index < -0.39 is 47.7 Å². The first-order valence-corrected chi connectivity index (χ1v) is 9.42. The number of ketones is 1. The fourth-order valence-electron chi connectivity index (χ4n) is 2.96. The summed E-state index contributed by atoms with van der Waals surface area (Å²) in [5, 5.41) is 30.3. The minimum absolute atomic E-state index is 0.0407.